The molecule has 20 heavy (non-hydrogen) atoms. The van der Waals surface area contributed by atoms with E-state index in [0.29, 0.717) is 5.95 Å². The van der Waals surface area contributed by atoms with Crippen LogP contribution in [-0.4, -0.2) is 39.4 Å². The van der Waals surface area contributed by atoms with Gasteiger partial charge in [0.1, 0.15) is 5.56 Å². The molecule has 2 rings (SSSR count). The first-order valence-electron chi connectivity index (χ1n) is 6.18. The SMILES string of the molecule is CCOC(=O)c1cnc(-n2nc(C)cc2C)nc1OC. The minimum atomic E-state index is -0.510. The molecular formula is C13H16N4O3. The largest absolute Gasteiger partial charge is 0.480 e. The second kappa shape index (κ2) is 5.68. The maximum atomic E-state index is 11.7. The molecule has 0 aromatic carbocycles. The Labute approximate surface area is 116 Å². The number of esters is 1. The Hall–Kier alpha value is -2.44. The van der Waals surface area contributed by atoms with Crippen LogP contribution in [0.3, 0.4) is 0 Å². The number of aromatic nitrogens is 4. The van der Waals surface area contributed by atoms with Crippen molar-refractivity contribution in [3.05, 3.63) is 29.2 Å². The Bertz CT molecular complexity index is 637. The van der Waals surface area contributed by atoms with Crippen LogP contribution in [0.25, 0.3) is 5.95 Å². The molecule has 106 valence electrons. The van der Waals surface area contributed by atoms with E-state index in [2.05, 4.69) is 15.1 Å². The highest BCUT2D eigenvalue weighted by atomic mass is 16.5. The number of carbonyl (C=O) groups excluding carboxylic acids is 1. The average molecular weight is 276 g/mol. The number of nitrogens with zero attached hydrogens (tertiary/aromatic N) is 4. The first kappa shape index (κ1) is 14.0. The zero-order valence-corrected chi connectivity index (χ0v) is 11.9. The van der Waals surface area contributed by atoms with Crippen molar-refractivity contribution in [3.8, 4) is 11.8 Å². The summed E-state index contributed by atoms with van der Waals surface area (Å²) in [5.74, 6) is 0.00534. The third-order valence-electron chi connectivity index (χ3n) is 2.63. The first-order valence-corrected chi connectivity index (χ1v) is 6.18. The highest BCUT2D eigenvalue weighted by Gasteiger charge is 2.18. The number of carbonyl (C=O) groups is 1. The number of hydrogen-bond donors (Lipinski definition) is 0. The number of rotatable bonds is 4. The number of ether oxygens (including phenoxy) is 2. The van der Waals surface area contributed by atoms with Crippen molar-refractivity contribution < 1.29 is 14.3 Å². The van der Waals surface area contributed by atoms with Crippen LogP contribution in [0.1, 0.15) is 28.7 Å². The predicted molar refractivity (Wildman–Crippen MR) is 71.1 cm³/mol. The van der Waals surface area contributed by atoms with Gasteiger partial charge in [-0.25, -0.2) is 14.5 Å². The lowest BCUT2D eigenvalue weighted by molar-refractivity contribution is 0.0521. The normalized spacial score (nSPS) is 10.4. The van der Waals surface area contributed by atoms with Crippen molar-refractivity contribution >= 4 is 5.97 Å². The molecule has 7 nitrogen and oxygen atoms in total. The van der Waals surface area contributed by atoms with Gasteiger partial charge >= 0.3 is 5.97 Å². The molecule has 2 aromatic rings. The summed E-state index contributed by atoms with van der Waals surface area (Å²) in [6.45, 7) is 5.79. The molecule has 0 amide bonds. The topological polar surface area (TPSA) is 79.1 Å². The minimum Gasteiger partial charge on any atom is -0.480 e. The lowest BCUT2D eigenvalue weighted by atomic mass is 10.3. The van der Waals surface area contributed by atoms with Gasteiger partial charge in [0.25, 0.3) is 5.95 Å². The van der Waals surface area contributed by atoms with Crippen LogP contribution in [0.5, 0.6) is 5.88 Å². The average Bonchev–Trinajstić information content (AvgIpc) is 2.77. The fourth-order valence-corrected chi connectivity index (χ4v) is 1.80. The van der Waals surface area contributed by atoms with Crippen molar-refractivity contribution in [2.24, 2.45) is 0 Å². The third-order valence-corrected chi connectivity index (χ3v) is 2.63. The highest BCUT2D eigenvalue weighted by Crippen LogP contribution is 2.17. The monoisotopic (exact) mass is 276 g/mol. The molecule has 0 saturated carbocycles. The molecular weight excluding hydrogens is 260 g/mol. The van der Waals surface area contributed by atoms with Crippen LogP contribution in [0, 0.1) is 13.8 Å². The smallest absolute Gasteiger partial charge is 0.345 e. The summed E-state index contributed by atoms with van der Waals surface area (Å²) < 4.78 is 11.6. The van der Waals surface area contributed by atoms with Gasteiger partial charge in [-0.3, -0.25) is 0 Å². The van der Waals surface area contributed by atoms with E-state index < -0.39 is 5.97 Å². The number of aryl methyl sites for hydroxylation is 2. The van der Waals surface area contributed by atoms with Gasteiger partial charge in [-0.15, -0.1) is 0 Å². The fraction of sp³-hybridized carbons (Fsp3) is 0.385. The van der Waals surface area contributed by atoms with E-state index >= 15 is 0 Å². The van der Waals surface area contributed by atoms with Crippen LogP contribution in [0.4, 0.5) is 0 Å². The quantitative estimate of drug-likeness (QED) is 0.787. The van der Waals surface area contributed by atoms with E-state index in [9.17, 15) is 4.79 Å². The Morgan fingerprint density at radius 3 is 2.70 bits per heavy atom. The van der Waals surface area contributed by atoms with Gasteiger partial charge in [0.05, 0.1) is 25.6 Å². The molecule has 0 atom stereocenters. The van der Waals surface area contributed by atoms with Crippen LogP contribution >= 0.6 is 0 Å². The lowest BCUT2D eigenvalue weighted by Crippen LogP contribution is -2.12. The second-order valence-electron chi connectivity index (χ2n) is 4.15. The molecule has 0 fully saturated rings. The summed E-state index contributed by atoms with van der Waals surface area (Å²) in [6, 6.07) is 1.91. The number of hydrogen-bond acceptors (Lipinski definition) is 6. The first-order chi connectivity index (χ1) is 9.56. The van der Waals surface area contributed by atoms with E-state index in [-0.39, 0.29) is 18.1 Å². The standard InChI is InChI=1S/C13H16N4O3/c1-5-20-12(18)10-7-14-13(15-11(10)19-4)17-9(3)6-8(2)16-17/h6-7H,5H2,1-4H3. The predicted octanol–water partition coefficient (Wildman–Crippen LogP) is 1.46. The Kier molecular flexibility index (Phi) is 3.97. The molecule has 2 heterocycles. The van der Waals surface area contributed by atoms with Crippen molar-refractivity contribution in [3.63, 3.8) is 0 Å². The summed E-state index contributed by atoms with van der Waals surface area (Å²) in [5, 5.41) is 4.29. The maximum absolute atomic E-state index is 11.7. The summed E-state index contributed by atoms with van der Waals surface area (Å²) in [7, 11) is 1.44. The van der Waals surface area contributed by atoms with Gasteiger partial charge < -0.3 is 9.47 Å². The van der Waals surface area contributed by atoms with Crippen LogP contribution in [-0.2, 0) is 4.74 Å². The van der Waals surface area contributed by atoms with Crippen molar-refractivity contribution in [1.29, 1.82) is 0 Å². The molecule has 7 heteroatoms. The summed E-state index contributed by atoms with van der Waals surface area (Å²) >= 11 is 0. The molecule has 0 spiro atoms. The molecule has 0 radical (unpaired) electrons. The van der Waals surface area contributed by atoms with E-state index in [1.165, 1.54) is 13.3 Å². The molecule has 0 aliphatic carbocycles. The van der Waals surface area contributed by atoms with Gasteiger partial charge in [-0.05, 0) is 26.8 Å². The summed E-state index contributed by atoms with van der Waals surface area (Å²) in [4.78, 5) is 20.1. The molecule has 0 saturated heterocycles. The van der Waals surface area contributed by atoms with Gasteiger partial charge in [0.15, 0.2) is 0 Å². The summed E-state index contributed by atoms with van der Waals surface area (Å²) in [6.07, 6.45) is 1.38. The van der Waals surface area contributed by atoms with Gasteiger partial charge in [-0.2, -0.15) is 10.1 Å². The number of methoxy groups -OCH3 is 1. The van der Waals surface area contributed by atoms with E-state index in [1.54, 1.807) is 11.6 Å². The van der Waals surface area contributed by atoms with E-state index in [1.807, 2.05) is 19.9 Å². The van der Waals surface area contributed by atoms with Crippen LogP contribution in [0.15, 0.2) is 12.3 Å². The Morgan fingerprint density at radius 2 is 2.15 bits per heavy atom. The van der Waals surface area contributed by atoms with E-state index in [4.69, 9.17) is 9.47 Å². The molecule has 0 aliphatic rings. The van der Waals surface area contributed by atoms with Crippen molar-refractivity contribution in [2.75, 3.05) is 13.7 Å². The molecule has 2 aromatic heterocycles. The zero-order chi connectivity index (χ0) is 14.7. The molecule has 0 bridgehead atoms. The Balaban J connectivity index is 2.44. The molecule has 0 aliphatic heterocycles. The fourth-order valence-electron chi connectivity index (χ4n) is 1.80. The van der Waals surface area contributed by atoms with Crippen molar-refractivity contribution in [1.82, 2.24) is 19.7 Å². The molecule has 0 unspecified atom stereocenters. The maximum Gasteiger partial charge on any atom is 0.345 e. The van der Waals surface area contributed by atoms with Crippen LogP contribution in [0.2, 0.25) is 0 Å². The Morgan fingerprint density at radius 1 is 1.40 bits per heavy atom. The lowest BCUT2D eigenvalue weighted by Gasteiger charge is -2.08. The van der Waals surface area contributed by atoms with Gasteiger partial charge in [0.2, 0.25) is 5.88 Å². The highest BCUT2D eigenvalue weighted by molar-refractivity contribution is 5.91. The van der Waals surface area contributed by atoms with Crippen LogP contribution < -0.4 is 4.74 Å². The zero-order valence-electron chi connectivity index (χ0n) is 11.9. The van der Waals surface area contributed by atoms with E-state index in [0.717, 1.165) is 11.4 Å². The van der Waals surface area contributed by atoms with Crippen molar-refractivity contribution in [2.45, 2.75) is 20.8 Å². The second-order valence-corrected chi connectivity index (χ2v) is 4.15. The van der Waals surface area contributed by atoms with Gasteiger partial charge in [-0.1, -0.05) is 0 Å². The van der Waals surface area contributed by atoms with Gasteiger partial charge in [0, 0.05) is 5.69 Å². The minimum absolute atomic E-state index is 0.168. The molecule has 0 N–H and O–H groups in total. The summed E-state index contributed by atoms with van der Waals surface area (Å²) in [5.41, 5.74) is 1.95. The third kappa shape index (κ3) is 2.61.